The zero-order valence-electron chi connectivity index (χ0n) is 18.6. The van der Waals surface area contributed by atoms with Crippen molar-refractivity contribution in [3.63, 3.8) is 0 Å². The second-order valence-electron chi connectivity index (χ2n) is 8.21. The molecule has 1 fully saturated rings. The van der Waals surface area contributed by atoms with Crippen molar-refractivity contribution in [2.45, 2.75) is 77.5 Å². The van der Waals surface area contributed by atoms with Gasteiger partial charge < -0.3 is 14.4 Å². The summed E-state index contributed by atoms with van der Waals surface area (Å²) in [6.45, 7) is 4.26. The van der Waals surface area contributed by atoms with Crippen LogP contribution in [0.2, 0.25) is 0 Å². The number of carbonyl (C=O) groups excluding carboxylic acids is 1. The Kier molecular flexibility index (Phi) is 7.71. The van der Waals surface area contributed by atoms with E-state index in [9.17, 15) is 4.79 Å². The molecule has 0 aliphatic heterocycles. The molecule has 1 aliphatic rings. The molecule has 1 unspecified atom stereocenters. The van der Waals surface area contributed by atoms with Crippen molar-refractivity contribution in [2.75, 3.05) is 7.05 Å². The molecule has 1 saturated carbocycles. The Hall–Kier alpha value is -2.57. The van der Waals surface area contributed by atoms with Gasteiger partial charge in [-0.25, -0.2) is 9.48 Å². The molecule has 7 nitrogen and oxygen atoms in total. The normalized spacial score (nSPS) is 15.6. The maximum atomic E-state index is 12.4. The molecule has 30 heavy (non-hydrogen) atoms. The lowest BCUT2D eigenvalue weighted by Gasteiger charge is -2.24. The van der Waals surface area contributed by atoms with Gasteiger partial charge in [0.2, 0.25) is 0 Å². The molecule has 1 aromatic carbocycles. The minimum Gasteiger partial charge on any atom is -0.490 e. The molecular weight excluding hydrogens is 380 g/mol. The maximum Gasteiger partial charge on any atom is 0.410 e. The van der Waals surface area contributed by atoms with E-state index in [4.69, 9.17) is 9.47 Å². The first-order valence-electron chi connectivity index (χ1n) is 11.0. The molecule has 0 N–H and O–H groups in total. The first-order valence-corrected chi connectivity index (χ1v) is 11.0. The van der Waals surface area contributed by atoms with Crippen LogP contribution in [0.15, 0.2) is 24.3 Å². The van der Waals surface area contributed by atoms with Crippen LogP contribution >= 0.6 is 0 Å². The average Bonchev–Trinajstić information content (AvgIpc) is 3.13. The number of nitrogens with zero attached hydrogens (tertiary/aromatic N) is 4. The number of hydrogen-bond acceptors (Lipinski definition) is 5. The van der Waals surface area contributed by atoms with Crippen LogP contribution in [-0.2, 0) is 18.4 Å². The van der Waals surface area contributed by atoms with Gasteiger partial charge in [0.15, 0.2) is 0 Å². The van der Waals surface area contributed by atoms with Crippen molar-refractivity contribution in [1.29, 1.82) is 0 Å². The van der Waals surface area contributed by atoms with Crippen LogP contribution in [0.3, 0.4) is 0 Å². The van der Waals surface area contributed by atoms with E-state index in [1.807, 2.05) is 38.2 Å². The van der Waals surface area contributed by atoms with Crippen molar-refractivity contribution in [3.8, 4) is 17.0 Å². The number of amides is 1. The summed E-state index contributed by atoms with van der Waals surface area (Å²) in [5.74, 6) is 0.883. The summed E-state index contributed by atoms with van der Waals surface area (Å²) in [7, 11) is 3.58. The smallest absolute Gasteiger partial charge is 0.410 e. The Balaban J connectivity index is 1.64. The summed E-state index contributed by atoms with van der Waals surface area (Å²) in [4.78, 5) is 14.0. The lowest BCUT2D eigenvalue weighted by Crippen LogP contribution is -2.35. The van der Waals surface area contributed by atoms with Crippen molar-refractivity contribution in [3.05, 3.63) is 30.0 Å². The molecule has 1 atom stereocenters. The van der Waals surface area contributed by atoms with E-state index in [0.29, 0.717) is 6.10 Å². The van der Waals surface area contributed by atoms with Crippen molar-refractivity contribution < 1.29 is 14.3 Å². The van der Waals surface area contributed by atoms with E-state index in [2.05, 4.69) is 17.2 Å². The van der Waals surface area contributed by atoms with Gasteiger partial charge in [-0.2, -0.15) is 0 Å². The summed E-state index contributed by atoms with van der Waals surface area (Å²) in [6, 6.07) is 8.08. The summed E-state index contributed by atoms with van der Waals surface area (Å²) < 4.78 is 13.3. The molecule has 0 radical (unpaired) electrons. The molecule has 0 saturated heterocycles. The summed E-state index contributed by atoms with van der Waals surface area (Å²) in [5.41, 5.74) is 2.41. The van der Waals surface area contributed by atoms with E-state index < -0.39 is 0 Å². The maximum absolute atomic E-state index is 12.4. The van der Waals surface area contributed by atoms with Crippen LogP contribution in [0, 0.1) is 0 Å². The van der Waals surface area contributed by atoms with E-state index in [1.165, 1.54) is 19.3 Å². The molecule has 1 amide bonds. The van der Waals surface area contributed by atoms with Crippen LogP contribution in [-0.4, -0.2) is 45.2 Å². The zero-order chi connectivity index (χ0) is 21.5. The molecule has 0 spiro atoms. The van der Waals surface area contributed by atoms with Crippen molar-refractivity contribution in [2.24, 2.45) is 7.05 Å². The molecule has 1 aliphatic carbocycles. The van der Waals surface area contributed by atoms with Crippen molar-refractivity contribution >= 4 is 6.09 Å². The topological polar surface area (TPSA) is 69.5 Å². The molecular formula is C23H34N4O3. The van der Waals surface area contributed by atoms with Gasteiger partial charge in [-0.3, -0.25) is 0 Å². The van der Waals surface area contributed by atoms with Gasteiger partial charge in [0.1, 0.15) is 23.7 Å². The van der Waals surface area contributed by atoms with E-state index in [-0.39, 0.29) is 18.7 Å². The Morgan fingerprint density at radius 1 is 1.23 bits per heavy atom. The standard InChI is InChI=1S/C23H34N4O3/c1-5-9-17(2)26(3)23(28)29-16-21-22(24-25-27(21)4)18-12-14-20(15-13-18)30-19-10-7-6-8-11-19/h12-15,17,19H,5-11,16H2,1-4H3. The third-order valence-electron chi connectivity index (χ3n) is 5.91. The van der Waals surface area contributed by atoms with Gasteiger partial charge in [-0.15, -0.1) is 5.10 Å². The molecule has 1 aromatic heterocycles. The first kappa shape index (κ1) is 22.1. The number of aromatic nitrogens is 3. The minimum absolute atomic E-state index is 0.126. The summed E-state index contributed by atoms with van der Waals surface area (Å²) in [6.07, 6.45) is 8.02. The highest BCUT2D eigenvalue weighted by molar-refractivity contribution is 5.68. The monoisotopic (exact) mass is 414 g/mol. The highest BCUT2D eigenvalue weighted by Gasteiger charge is 2.20. The van der Waals surface area contributed by atoms with Crippen LogP contribution in [0.5, 0.6) is 5.75 Å². The van der Waals surface area contributed by atoms with Gasteiger partial charge >= 0.3 is 6.09 Å². The number of hydrogen-bond donors (Lipinski definition) is 0. The molecule has 2 aromatic rings. The second-order valence-corrected chi connectivity index (χ2v) is 8.21. The fourth-order valence-electron chi connectivity index (χ4n) is 3.85. The van der Waals surface area contributed by atoms with Gasteiger partial charge in [0.05, 0.1) is 6.10 Å². The Morgan fingerprint density at radius 3 is 2.60 bits per heavy atom. The van der Waals surface area contributed by atoms with Gasteiger partial charge in [0, 0.05) is 25.7 Å². The van der Waals surface area contributed by atoms with Crippen LogP contribution < -0.4 is 4.74 Å². The minimum atomic E-state index is -0.334. The van der Waals surface area contributed by atoms with E-state index in [1.54, 1.807) is 16.6 Å². The number of rotatable bonds is 8. The van der Waals surface area contributed by atoms with Gasteiger partial charge in [0.25, 0.3) is 0 Å². The highest BCUT2D eigenvalue weighted by atomic mass is 16.6. The van der Waals surface area contributed by atoms with Crippen LogP contribution in [0.4, 0.5) is 4.79 Å². The summed E-state index contributed by atoms with van der Waals surface area (Å²) >= 11 is 0. The number of carbonyl (C=O) groups is 1. The highest BCUT2D eigenvalue weighted by Crippen LogP contribution is 2.27. The average molecular weight is 415 g/mol. The lowest BCUT2D eigenvalue weighted by atomic mass is 9.98. The van der Waals surface area contributed by atoms with Crippen molar-refractivity contribution in [1.82, 2.24) is 19.9 Å². The Labute approximate surface area is 179 Å². The fourth-order valence-corrected chi connectivity index (χ4v) is 3.85. The fraction of sp³-hybridized carbons (Fsp3) is 0.609. The van der Waals surface area contributed by atoms with E-state index >= 15 is 0 Å². The molecule has 164 valence electrons. The largest absolute Gasteiger partial charge is 0.490 e. The third kappa shape index (κ3) is 5.52. The predicted octanol–water partition coefficient (Wildman–Crippen LogP) is 4.95. The second kappa shape index (κ2) is 10.5. The SMILES string of the molecule is CCCC(C)N(C)C(=O)OCc1c(-c2ccc(OC3CCCCC3)cc2)nnn1C. The van der Waals surface area contributed by atoms with Gasteiger partial charge in [-0.1, -0.05) is 25.0 Å². The van der Waals surface area contributed by atoms with E-state index in [0.717, 1.165) is 48.4 Å². The molecule has 3 rings (SSSR count). The van der Waals surface area contributed by atoms with Crippen LogP contribution in [0.25, 0.3) is 11.3 Å². The third-order valence-corrected chi connectivity index (χ3v) is 5.91. The number of benzene rings is 1. The van der Waals surface area contributed by atoms with Crippen LogP contribution in [0.1, 0.15) is 64.5 Å². The Bertz CT molecular complexity index is 812. The molecule has 7 heteroatoms. The number of aryl methyl sites for hydroxylation is 1. The first-order chi connectivity index (χ1) is 14.5. The van der Waals surface area contributed by atoms with Gasteiger partial charge in [-0.05, 0) is 63.3 Å². The summed E-state index contributed by atoms with van der Waals surface area (Å²) in [5, 5.41) is 8.41. The quantitative estimate of drug-likeness (QED) is 0.611. The Morgan fingerprint density at radius 2 is 1.93 bits per heavy atom. The zero-order valence-corrected chi connectivity index (χ0v) is 18.6. The number of ether oxygens (including phenoxy) is 2. The predicted molar refractivity (Wildman–Crippen MR) is 116 cm³/mol. The molecule has 0 bridgehead atoms. The lowest BCUT2D eigenvalue weighted by molar-refractivity contribution is 0.0902. The molecule has 1 heterocycles.